The van der Waals surface area contributed by atoms with Gasteiger partial charge in [-0.05, 0) is 13.8 Å². The van der Waals surface area contributed by atoms with E-state index in [1.54, 1.807) is 0 Å². The Morgan fingerprint density at radius 1 is 0.773 bits per heavy atom. The van der Waals surface area contributed by atoms with Crippen molar-refractivity contribution in [3.05, 3.63) is 35.4 Å². The van der Waals surface area contributed by atoms with Crippen LogP contribution in [0.2, 0.25) is 0 Å². The molecule has 0 amide bonds. The Morgan fingerprint density at radius 3 is 1.14 bits per heavy atom. The molecule has 0 heterocycles. The molecule has 0 aliphatic rings. The van der Waals surface area contributed by atoms with Crippen LogP contribution in [0.15, 0.2) is 24.3 Å². The fourth-order valence-electron chi connectivity index (χ4n) is 1.14. The van der Waals surface area contributed by atoms with Gasteiger partial charge >= 0.3 is 0 Å². The van der Waals surface area contributed by atoms with Crippen molar-refractivity contribution in [1.29, 1.82) is 0 Å². The topological polar surface area (TPSA) is 40.5 Å². The second-order valence-electron chi connectivity index (χ2n) is 4.56. The molecule has 0 saturated carbocycles. The number of benzene rings is 1. The fourth-order valence-corrected chi connectivity index (χ4v) is 1.14. The summed E-state index contributed by atoms with van der Waals surface area (Å²) in [7, 11) is 0. The number of hydrogen-bond donors (Lipinski definition) is 2. The third-order valence-corrected chi connectivity index (χ3v) is 2.28. The number of halogens is 3. The van der Waals surface area contributed by atoms with E-state index in [9.17, 15) is 0 Å². The number of aliphatic hydroxyl groups excluding tert-OH is 2. The van der Waals surface area contributed by atoms with Gasteiger partial charge in [0.25, 0.3) is 0 Å². The zero-order valence-corrected chi connectivity index (χ0v) is 16.4. The van der Waals surface area contributed by atoms with Gasteiger partial charge < -0.3 is 10.2 Å². The number of alkyl halides is 3. The fraction of sp³-hybridized carbons (Fsp3) is 0.647. The molecular formula is C17H31Cl3O2. The molecule has 0 radical (unpaired) electrons. The van der Waals surface area contributed by atoms with Gasteiger partial charge in [-0.25, -0.2) is 0 Å². The summed E-state index contributed by atoms with van der Waals surface area (Å²) in [4.78, 5) is 0. The third-order valence-electron chi connectivity index (χ3n) is 2.28. The van der Waals surface area contributed by atoms with Crippen molar-refractivity contribution in [2.24, 2.45) is 0 Å². The van der Waals surface area contributed by atoms with Crippen molar-refractivity contribution < 1.29 is 10.2 Å². The predicted octanol–water partition coefficient (Wildman–Crippen LogP) is 5.85. The van der Waals surface area contributed by atoms with Crippen LogP contribution in [0.4, 0.5) is 0 Å². The zero-order chi connectivity index (χ0) is 17.8. The van der Waals surface area contributed by atoms with Crippen molar-refractivity contribution in [1.82, 2.24) is 0 Å². The summed E-state index contributed by atoms with van der Waals surface area (Å²) in [6.45, 7) is 8.41. The van der Waals surface area contributed by atoms with Crippen LogP contribution in [0.25, 0.3) is 0 Å². The molecule has 2 nitrogen and oxygen atoms in total. The lowest BCUT2D eigenvalue weighted by molar-refractivity contribution is 0.186. The first-order chi connectivity index (χ1) is 10.3. The molecule has 0 aliphatic carbocycles. The Balaban J connectivity index is -0.000000231. The number of rotatable bonds is 4. The molecule has 132 valence electrons. The van der Waals surface area contributed by atoms with Crippen LogP contribution in [-0.4, -0.2) is 27.7 Å². The molecule has 0 spiro atoms. The first-order valence-corrected chi connectivity index (χ1v) is 8.83. The Morgan fingerprint density at radius 2 is 1.00 bits per heavy atom. The van der Waals surface area contributed by atoms with Gasteiger partial charge in [-0.2, -0.15) is 0 Å². The minimum Gasteiger partial charge on any atom is -0.394 e. The average Bonchev–Trinajstić information content (AvgIpc) is 2.48. The van der Waals surface area contributed by atoms with E-state index in [1.165, 1.54) is 36.8 Å². The average molecular weight is 374 g/mol. The van der Waals surface area contributed by atoms with Crippen LogP contribution >= 0.6 is 34.8 Å². The zero-order valence-electron chi connectivity index (χ0n) is 14.2. The number of unbranched alkanes of at least 4 members (excludes halogenated alkanes) is 3. The highest BCUT2D eigenvalue weighted by molar-refractivity contribution is 6.63. The van der Waals surface area contributed by atoms with E-state index in [1.807, 2.05) is 0 Å². The van der Waals surface area contributed by atoms with Crippen LogP contribution in [0, 0.1) is 13.8 Å². The summed E-state index contributed by atoms with van der Waals surface area (Å²) in [5.41, 5.74) is 2.66. The van der Waals surface area contributed by atoms with Crippen molar-refractivity contribution in [2.75, 3.05) is 13.2 Å². The summed E-state index contributed by atoms with van der Waals surface area (Å²) >= 11 is 14.4. The van der Waals surface area contributed by atoms with Crippen LogP contribution in [0.1, 0.15) is 50.7 Å². The molecule has 2 N–H and O–H groups in total. The monoisotopic (exact) mass is 372 g/mol. The Bertz CT molecular complexity index is 261. The summed E-state index contributed by atoms with van der Waals surface area (Å²) in [5.74, 6) is 0. The highest BCUT2D eigenvalue weighted by Crippen LogP contribution is 2.03. The van der Waals surface area contributed by atoms with E-state index in [-0.39, 0.29) is 13.2 Å². The summed E-state index contributed by atoms with van der Waals surface area (Å²) in [6.07, 6.45) is 5.54. The Hall–Kier alpha value is 0.01000. The minimum absolute atomic E-state index is 0.125. The van der Waals surface area contributed by atoms with E-state index < -0.39 is 4.30 Å². The molecule has 1 aromatic rings. The van der Waals surface area contributed by atoms with Gasteiger partial charge in [0.2, 0.25) is 0 Å². The van der Waals surface area contributed by atoms with E-state index in [0.29, 0.717) is 0 Å². The number of aryl methyl sites for hydroxylation is 2. The van der Waals surface area contributed by atoms with Gasteiger partial charge in [-0.3, -0.25) is 0 Å². The predicted molar refractivity (Wildman–Crippen MR) is 101 cm³/mol. The van der Waals surface area contributed by atoms with Crippen molar-refractivity contribution >= 4 is 34.8 Å². The minimum atomic E-state index is -0.750. The van der Waals surface area contributed by atoms with Gasteiger partial charge in [-0.15, -0.1) is 0 Å². The maximum absolute atomic E-state index is 7.62. The van der Waals surface area contributed by atoms with Crippen molar-refractivity contribution in [3.8, 4) is 0 Å². The SMILES string of the molecule is CCCCCC.Cc1ccc(C)cc1.ClC(Cl)Cl.OCCO. The molecular weight excluding hydrogens is 343 g/mol. The molecule has 0 aromatic heterocycles. The molecule has 0 aliphatic heterocycles. The largest absolute Gasteiger partial charge is 0.394 e. The third kappa shape index (κ3) is 36.8. The van der Waals surface area contributed by atoms with Crippen LogP contribution in [-0.2, 0) is 0 Å². The summed E-state index contributed by atoms with van der Waals surface area (Å²) < 4.78 is -0.750. The molecule has 0 saturated heterocycles. The van der Waals surface area contributed by atoms with Gasteiger partial charge in [-0.1, -0.05) is 110 Å². The first-order valence-electron chi connectivity index (χ1n) is 7.52. The molecule has 1 aromatic carbocycles. The van der Waals surface area contributed by atoms with E-state index in [2.05, 4.69) is 52.0 Å². The maximum atomic E-state index is 7.62. The Labute approximate surface area is 151 Å². The van der Waals surface area contributed by atoms with E-state index >= 15 is 0 Å². The quantitative estimate of drug-likeness (QED) is 0.513. The van der Waals surface area contributed by atoms with Crippen molar-refractivity contribution in [2.45, 2.75) is 57.7 Å². The Kier molecular flexibility index (Phi) is 28.4. The van der Waals surface area contributed by atoms with Gasteiger partial charge in [0.15, 0.2) is 4.30 Å². The second-order valence-corrected chi connectivity index (χ2v) is 6.54. The molecule has 5 heteroatoms. The molecule has 22 heavy (non-hydrogen) atoms. The van der Waals surface area contributed by atoms with E-state index in [0.717, 1.165) is 0 Å². The van der Waals surface area contributed by atoms with Crippen LogP contribution in [0.3, 0.4) is 0 Å². The van der Waals surface area contributed by atoms with E-state index in [4.69, 9.17) is 45.0 Å². The van der Waals surface area contributed by atoms with Gasteiger partial charge in [0.05, 0.1) is 13.2 Å². The summed E-state index contributed by atoms with van der Waals surface area (Å²) in [5, 5.41) is 15.2. The lowest BCUT2D eigenvalue weighted by Crippen LogP contribution is -1.85. The second kappa shape index (κ2) is 23.3. The molecule has 0 bridgehead atoms. The van der Waals surface area contributed by atoms with Crippen LogP contribution in [0.5, 0.6) is 0 Å². The number of aliphatic hydroxyl groups is 2. The summed E-state index contributed by atoms with van der Waals surface area (Å²) in [6, 6.07) is 8.48. The molecule has 0 atom stereocenters. The maximum Gasteiger partial charge on any atom is 0.180 e. The highest BCUT2D eigenvalue weighted by atomic mass is 35.6. The first kappa shape index (κ1) is 26.9. The van der Waals surface area contributed by atoms with Crippen molar-refractivity contribution in [3.63, 3.8) is 0 Å². The molecule has 0 fully saturated rings. The smallest absolute Gasteiger partial charge is 0.180 e. The molecule has 1 rings (SSSR count). The lowest BCUT2D eigenvalue weighted by Gasteiger charge is -1.90. The van der Waals surface area contributed by atoms with Gasteiger partial charge in [0, 0.05) is 0 Å². The van der Waals surface area contributed by atoms with Crippen LogP contribution < -0.4 is 0 Å². The van der Waals surface area contributed by atoms with Gasteiger partial charge in [0.1, 0.15) is 0 Å². The lowest BCUT2D eigenvalue weighted by atomic mass is 10.2. The number of hydrogen-bond acceptors (Lipinski definition) is 2. The normalized spacial score (nSPS) is 8.82. The standard InChI is InChI=1S/C8H10.C6H14.C2H6O2.CHCl3/c1-7-3-5-8(2)6-4-7;1-3-5-6-4-2;3-1-2-4;2-1(3)4/h3-6H,1-2H3;3-6H2,1-2H3;3-4H,1-2H2;1H. The molecule has 0 unspecified atom stereocenters. The highest BCUT2D eigenvalue weighted by Gasteiger charge is 1.80.